The molecule has 0 fully saturated rings. The molecule has 0 atom stereocenters. The van der Waals surface area contributed by atoms with Gasteiger partial charge in [-0.2, -0.15) is 0 Å². The van der Waals surface area contributed by atoms with Gasteiger partial charge in [-0.3, -0.25) is 19.1 Å². The minimum atomic E-state index is -0.115. The number of likely N-dealkylation sites (N-methyl/N-ethyl adjacent to an activating group) is 1. The third-order valence-electron chi connectivity index (χ3n) is 2.15. The average Bonchev–Trinajstić information content (AvgIpc) is 2.66. The first-order valence-electron chi connectivity index (χ1n) is 4.88. The fourth-order valence-electron chi connectivity index (χ4n) is 1.31. The summed E-state index contributed by atoms with van der Waals surface area (Å²) in [4.78, 5) is 24.5. The van der Waals surface area contributed by atoms with Gasteiger partial charge in [0.15, 0.2) is 5.78 Å². The first-order valence-corrected chi connectivity index (χ1v) is 4.88. The fraction of sp³-hybridized carbons (Fsp3) is 0.333. The number of nitrogens with zero attached hydrogens (tertiary/aromatic N) is 2. The van der Waals surface area contributed by atoms with Crippen molar-refractivity contribution in [3.63, 3.8) is 0 Å². The highest BCUT2D eigenvalue weighted by molar-refractivity contribution is 5.98. The van der Waals surface area contributed by atoms with Crippen molar-refractivity contribution in [2.75, 3.05) is 20.1 Å². The van der Waals surface area contributed by atoms with E-state index < -0.39 is 0 Å². The van der Waals surface area contributed by atoms with Crippen LogP contribution in [0.4, 0.5) is 0 Å². The number of rotatable bonds is 4. The summed E-state index contributed by atoms with van der Waals surface area (Å²) in [6, 6.07) is 1.63. The Hall–Kier alpha value is -1.86. The van der Waals surface area contributed by atoms with Gasteiger partial charge >= 0.3 is 0 Å². The number of hydrogen-bond donors (Lipinski definition) is 0. The van der Waals surface area contributed by atoms with Crippen LogP contribution in [0.25, 0.3) is 0 Å². The Morgan fingerprint density at radius 1 is 1.56 bits per heavy atom. The number of ketones is 1. The predicted molar refractivity (Wildman–Crippen MR) is 61.4 cm³/mol. The Kier molecular flexibility index (Phi) is 4.03. The molecule has 1 aromatic heterocycles. The van der Waals surface area contributed by atoms with Gasteiger partial charge in [-0.1, -0.05) is 5.92 Å². The second kappa shape index (κ2) is 5.29. The second-order valence-corrected chi connectivity index (χ2v) is 3.63. The van der Waals surface area contributed by atoms with Crippen LogP contribution in [0.1, 0.15) is 22.1 Å². The number of carbonyl (C=O) groups excluding carboxylic acids is 2. The Morgan fingerprint density at radius 3 is 2.75 bits per heavy atom. The van der Waals surface area contributed by atoms with E-state index in [4.69, 9.17) is 6.42 Å². The zero-order chi connectivity index (χ0) is 12.1. The molecule has 0 radical (unpaired) electrons. The molecular formula is C12H14N2O2. The molecule has 0 bridgehead atoms. The largest absolute Gasteiger partial charge is 0.294 e. The number of hydrogen-bond acceptors (Lipinski definition) is 3. The summed E-state index contributed by atoms with van der Waals surface area (Å²) in [5.74, 6) is 2.30. The van der Waals surface area contributed by atoms with Crippen LogP contribution >= 0.6 is 0 Å². The van der Waals surface area contributed by atoms with Crippen molar-refractivity contribution in [2.45, 2.75) is 6.92 Å². The highest BCUT2D eigenvalue weighted by Crippen LogP contribution is 2.03. The Balaban J connectivity index is 2.67. The van der Waals surface area contributed by atoms with Crippen molar-refractivity contribution < 1.29 is 9.59 Å². The molecule has 0 unspecified atom stereocenters. The second-order valence-electron chi connectivity index (χ2n) is 3.63. The molecule has 0 N–H and O–H groups in total. The molecule has 0 aliphatic rings. The van der Waals surface area contributed by atoms with Gasteiger partial charge in [0.05, 0.1) is 13.1 Å². The van der Waals surface area contributed by atoms with Crippen molar-refractivity contribution in [3.05, 3.63) is 24.0 Å². The zero-order valence-electron chi connectivity index (χ0n) is 9.43. The molecule has 0 saturated carbocycles. The summed E-state index contributed by atoms with van der Waals surface area (Å²) in [7, 11) is 1.78. The van der Waals surface area contributed by atoms with Gasteiger partial charge in [0.2, 0.25) is 5.91 Å². The van der Waals surface area contributed by atoms with Crippen molar-refractivity contribution in [3.8, 4) is 12.3 Å². The van der Waals surface area contributed by atoms with Crippen LogP contribution in [0.5, 0.6) is 0 Å². The minimum absolute atomic E-state index is 0.0437. The number of Topliss-reactive ketones (excluding diaryl/α,β-unsaturated/α-hetero) is 1. The maximum absolute atomic E-state index is 11.7. The van der Waals surface area contributed by atoms with Gasteiger partial charge in [0.1, 0.15) is 0 Å². The quantitative estimate of drug-likeness (QED) is 0.557. The van der Waals surface area contributed by atoms with E-state index >= 15 is 0 Å². The normalized spacial score (nSPS) is 10.1. The Morgan fingerprint density at radius 2 is 2.25 bits per heavy atom. The van der Waals surface area contributed by atoms with E-state index in [9.17, 15) is 9.59 Å². The third-order valence-corrected chi connectivity index (χ3v) is 2.15. The molecule has 0 amide bonds. The minimum Gasteiger partial charge on any atom is -0.294 e. The van der Waals surface area contributed by atoms with E-state index in [2.05, 4.69) is 5.92 Å². The summed E-state index contributed by atoms with van der Waals surface area (Å²) in [6.07, 6.45) is 8.25. The summed E-state index contributed by atoms with van der Waals surface area (Å²) in [6.45, 7) is 2.13. The molecular weight excluding hydrogens is 204 g/mol. The highest BCUT2D eigenvalue weighted by atomic mass is 16.1. The average molecular weight is 218 g/mol. The lowest BCUT2D eigenvalue weighted by atomic mass is 10.2. The first-order chi connectivity index (χ1) is 7.54. The van der Waals surface area contributed by atoms with E-state index in [0.717, 1.165) is 0 Å². The van der Waals surface area contributed by atoms with Crippen molar-refractivity contribution in [1.82, 2.24) is 9.47 Å². The van der Waals surface area contributed by atoms with Crippen LogP contribution < -0.4 is 0 Å². The van der Waals surface area contributed by atoms with Crippen LogP contribution in [0.2, 0.25) is 0 Å². The number of terminal acetylenes is 1. The van der Waals surface area contributed by atoms with Crippen LogP contribution in [0.15, 0.2) is 18.5 Å². The molecule has 0 spiro atoms. The molecule has 0 aromatic carbocycles. The molecule has 4 nitrogen and oxygen atoms in total. The predicted octanol–water partition coefficient (Wildman–Crippen LogP) is 0.896. The summed E-state index contributed by atoms with van der Waals surface area (Å²) < 4.78 is 1.38. The Bertz CT molecular complexity index is 440. The lowest BCUT2D eigenvalue weighted by Gasteiger charge is -2.10. The zero-order valence-corrected chi connectivity index (χ0v) is 9.43. The molecule has 16 heavy (non-hydrogen) atoms. The molecule has 1 heterocycles. The van der Waals surface area contributed by atoms with E-state index in [-0.39, 0.29) is 18.2 Å². The van der Waals surface area contributed by atoms with Crippen molar-refractivity contribution in [2.24, 2.45) is 0 Å². The smallest absolute Gasteiger partial charge is 0.227 e. The van der Waals surface area contributed by atoms with Crippen molar-refractivity contribution >= 4 is 11.7 Å². The van der Waals surface area contributed by atoms with Crippen LogP contribution in [-0.4, -0.2) is 41.3 Å². The molecule has 84 valence electrons. The van der Waals surface area contributed by atoms with Crippen LogP contribution in [0, 0.1) is 12.3 Å². The van der Waals surface area contributed by atoms with Crippen LogP contribution in [-0.2, 0) is 0 Å². The molecule has 4 heteroatoms. The van der Waals surface area contributed by atoms with Gasteiger partial charge in [0.25, 0.3) is 0 Å². The number of aromatic nitrogens is 1. The molecule has 1 aromatic rings. The monoisotopic (exact) mass is 218 g/mol. The number of carbonyl (C=O) groups is 2. The van der Waals surface area contributed by atoms with Gasteiger partial charge in [0, 0.05) is 24.9 Å². The lowest BCUT2D eigenvalue weighted by molar-refractivity contribution is 0.0937. The van der Waals surface area contributed by atoms with E-state index in [1.807, 2.05) is 0 Å². The Labute approximate surface area is 94.9 Å². The molecule has 0 saturated heterocycles. The van der Waals surface area contributed by atoms with Gasteiger partial charge in [-0.15, -0.1) is 6.42 Å². The van der Waals surface area contributed by atoms with E-state index in [0.29, 0.717) is 12.1 Å². The van der Waals surface area contributed by atoms with E-state index in [1.165, 1.54) is 17.7 Å². The van der Waals surface area contributed by atoms with Gasteiger partial charge in [-0.05, 0) is 13.1 Å². The summed E-state index contributed by atoms with van der Waals surface area (Å²) >= 11 is 0. The molecule has 0 aliphatic heterocycles. The lowest BCUT2D eigenvalue weighted by Crippen LogP contribution is -2.26. The topological polar surface area (TPSA) is 42.3 Å². The SMILES string of the molecule is C#CCN(C)CC(=O)c1ccn(C(C)=O)c1. The fourth-order valence-corrected chi connectivity index (χ4v) is 1.31. The van der Waals surface area contributed by atoms with Crippen LogP contribution in [0.3, 0.4) is 0 Å². The third kappa shape index (κ3) is 3.07. The summed E-state index contributed by atoms with van der Waals surface area (Å²) in [5.41, 5.74) is 0.527. The molecule has 1 rings (SSSR count). The van der Waals surface area contributed by atoms with E-state index in [1.54, 1.807) is 24.2 Å². The maximum atomic E-state index is 11.7. The molecule has 0 aliphatic carbocycles. The summed E-state index contributed by atoms with van der Waals surface area (Å²) in [5, 5.41) is 0. The maximum Gasteiger partial charge on any atom is 0.227 e. The van der Waals surface area contributed by atoms with Gasteiger partial charge in [-0.25, -0.2) is 0 Å². The highest BCUT2D eigenvalue weighted by Gasteiger charge is 2.10. The first kappa shape index (κ1) is 12.2. The van der Waals surface area contributed by atoms with Crippen molar-refractivity contribution in [1.29, 1.82) is 0 Å². The van der Waals surface area contributed by atoms with Gasteiger partial charge < -0.3 is 0 Å². The standard InChI is InChI=1S/C12H14N2O2/c1-4-6-13(3)9-12(16)11-5-7-14(8-11)10(2)15/h1,5,7-8H,6,9H2,2-3H3.